The topological polar surface area (TPSA) is 75.6 Å². The summed E-state index contributed by atoms with van der Waals surface area (Å²) >= 11 is 0. The van der Waals surface area contributed by atoms with Crippen molar-refractivity contribution in [3.63, 3.8) is 0 Å². The lowest BCUT2D eigenvalue weighted by Gasteiger charge is -2.12. The van der Waals surface area contributed by atoms with Crippen molar-refractivity contribution in [2.75, 3.05) is 18.6 Å². The molecule has 2 atom stereocenters. The molecule has 0 saturated heterocycles. The number of carboxylic acids is 1. The van der Waals surface area contributed by atoms with Gasteiger partial charge in [0.25, 0.3) is 0 Å². The van der Waals surface area contributed by atoms with E-state index in [1.807, 2.05) is 0 Å². The van der Waals surface area contributed by atoms with Crippen LogP contribution in [0.2, 0.25) is 0 Å². The zero-order chi connectivity index (χ0) is 15.2. The molecule has 0 aliphatic heterocycles. The molecule has 0 unspecified atom stereocenters. The monoisotopic (exact) mass is 295 g/mol. The highest BCUT2D eigenvalue weighted by Crippen LogP contribution is 2.32. The average Bonchev–Trinajstić information content (AvgIpc) is 2.95. The molecular weight excluding hydrogens is 277 g/mol. The summed E-state index contributed by atoms with van der Waals surface area (Å²) in [6.45, 7) is -0.602. The van der Waals surface area contributed by atoms with Crippen LogP contribution in [0.25, 0.3) is 0 Å². The fourth-order valence-electron chi connectivity index (χ4n) is 2.51. The molecule has 0 radical (unpaired) electrons. The minimum atomic E-state index is -0.841. The highest BCUT2D eigenvalue weighted by atomic mass is 19.1. The number of nitrogens with one attached hydrogen (secondary N) is 1. The maximum Gasteiger partial charge on any atom is 0.306 e. The zero-order valence-corrected chi connectivity index (χ0v) is 11.5. The summed E-state index contributed by atoms with van der Waals surface area (Å²) in [5.74, 6) is -1.24. The molecule has 5 nitrogen and oxygen atoms in total. The first-order valence-electron chi connectivity index (χ1n) is 6.92. The van der Waals surface area contributed by atoms with Gasteiger partial charge < -0.3 is 15.2 Å². The molecule has 0 spiro atoms. The number of alkyl halides is 1. The van der Waals surface area contributed by atoms with Gasteiger partial charge in [-0.25, -0.2) is 4.39 Å². The van der Waals surface area contributed by atoms with Gasteiger partial charge in [0.1, 0.15) is 19.0 Å². The summed E-state index contributed by atoms with van der Waals surface area (Å²) < 4.78 is 17.2. The standard InChI is InChI=1S/C15H18FNO4/c16-6-7-21-13-3-1-2-12(9-13)17-14(18)10-4-5-11(8-10)15(19)20/h1-3,9-11H,4-8H2,(H,17,18)(H,19,20)/t10-,11+/m0/s1. The van der Waals surface area contributed by atoms with Crippen LogP contribution in [0.15, 0.2) is 24.3 Å². The second-order valence-electron chi connectivity index (χ2n) is 5.10. The first-order chi connectivity index (χ1) is 10.1. The van der Waals surface area contributed by atoms with E-state index in [4.69, 9.17) is 9.84 Å². The summed E-state index contributed by atoms with van der Waals surface area (Å²) in [5.41, 5.74) is 0.565. The number of ether oxygens (including phenoxy) is 1. The molecule has 1 aliphatic carbocycles. The molecule has 2 N–H and O–H groups in total. The van der Waals surface area contributed by atoms with Crippen molar-refractivity contribution >= 4 is 17.6 Å². The molecule has 0 heterocycles. The van der Waals surface area contributed by atoms with Gasteiger partial charge in [-0.15, -0.1) is 0 Å². The van der Waals surface area contributed by atoms with Crippen LogP contribution in [0, 0.1) is 11.8 Å². The molecular formula is C15H18FNO4. The molecule has 21 heavy (non-hydrogen) atoms. The number of carbonyl (C=O) groups excluding carboxylic acids is 1. The lowest BCUT2D eigenvalue weighted by molar-refractivity contribution is -0.141. The van der Waals surface area contributed by atoms with E-state index in [1.165, 1.54) is 0 Å². The molecule has 1 aromatic carbocycles. The van der Waals surface area contributed by atoms with Crippen LogP contribution in [0.1, 0.15) is 19.3 Å². The summed E-state index contributed by atoms with van der Waals surface area (Å²) in [6, 6.07) is 6.72. The summed E-state index contributed by atoms with van der Waals surface area (Å²) in [5, 5.41) is 11.7. The van der Waals surface area contributed by atoms with Crippen LogP contribution in [0.4, 0.5) is 10.1 Å². The maximum atomic E-state index is 12.1. The fraction of sp³-hybridized carbons (Fsp3) is 0.467. The number of benzene rings is 1. The SMILES string of the molecule is O=C(O)[C@@H]1CC[C@H](C(=O)Nc2cccc(OCCF)c2)C1. The second kappa shape index (κ2) is 7.06. The number of anilines is 1. The zero-order valence-electron chi connectivity index (χ0n) is 11.5. The Bertz CT molecular complexity index is 520. The van der Waals surface area contributed by atoms with Crippen LogP contribution in [-0.2, 0) is 9.59 Å². The van der Waals surface area contributed by atoms with Gasteiger partial charge in [-0.1, -0.05) is 6.07 Å². The lowest BCUT2D eigenvalue weighted by Crippen LogP contribution is -2.21. The van der Waals surface area contributed by atoms with E-state index in [2.05, 4.69) is 5.32 Å². The Kier molecular flexibility index (Phi) is 5.14. The summed E-state index contributed by atoms with van der Waals surface area (Å²) in [6.07, 6.45) is 1.49. The number of hydrogen-bond acceptors (Lipinski definition) is 3. The number of carboxylic acid groups (broad SMARTS) is 1. The molecule has 0 aromatic heterocycles. The van der Waals surface area contributed by atoms with Gasteiger partial charge in [-0.05, 0) is 31.4 Å². The van der Waals surface area contributed by atoms with Gasteiger partial charge in [-0.3, -0.25) is 9.59 Å². The Morgan fingerprint density at radius 3 is 2.76 bits per heavy atom. The average molecular weight is 295 g/mol. The molecule has 1 aliphatic rings. The molecule has 1 amide bonds. The quantitative estimate of drug-likeness (QED) is 0.845. The van der Waals surface area contributed by atoms with Crippen molar-refractivity contribution in [2.45, 2.75) is 19.3 Å². The Morgan fingerprint density at radius 1 is 1.33 bits per heavy atom. The third-order valence-corrected chi connectivity index (χ3v) is 3.60. The van der Waals surface area contributed by atoms with Crippen molar-refractivity contribution in [3.8, 4) is 5.75 Å². The third kappa shape index (κ3) is 4.18. The van der Waals surface area contributed by atoms with E-state index in [0.717, 1.165) is 0 Å². The van der Waals surface area contributed by atoms with Crippen molar-refractivity contribution < 1.29 is 23.8 Å². The predicted molar refractivity (Wildman–Crippen MR) is 75.0 cm³/mol. The predicted octanol–water partition coefficient (Wildman–Crippen LogP) is 2.47. The number of rotatable bonds is 6. The van der Waals surface area contributed by atoms with E-state index in [1.54, 1.807) is 24.3 Å². The van der Waals surface area contributed by atoms with Crippen molar-refractivity contribution in [2.24, 2.45) is 11.8 Å². The van der Waals surface area contributed by atoms with Crippen LogP contribution in [0.5, 0.6) is 5.75 Å². The first kappa shape index (κ1) is 15.3. The first-order valence-corrected chi connectivity index (χ1v) is 6.92. The van der Waals surface area contributed by atoms with Gasteiger partial charge in [0.15, 0.2) is 0 Å². The lowest BCUT2D eigenvalue weighted by atomic mass is 10.0. The van der Waals surface area contributed by atoms with E-state index in [0.29, 0.717) is 30.7 Å². The molecule has 0 bridgehead atoms. The Balaban J connectivity index is 1.92. The maximum absolute atomic E-state index is 12.1. The molecule has 1 saturated carbocycles. The smallest absolute Gasteiger partial charge is 0.306 e. The number of aliphatic carboxylic acids is 1. The van der Waals surface area contributed by atoms with Crippen molar-refractivity contribution in [3.05, 3.63) is 24.3 Å². The normalized spacial score (nSPS) is 21.0. The van der Waals surface area contributed by atoms with Crippen LogP contribution < -0.4 is 10.1 Å². The molecule has 6 heteroatoms. The van der Waals surface area contributed by atoms with E-state index in [9.17, 15) is 14.0 Å². The fourth-order valence-corrected chi connectivity index (χ4v) is 2.51. The van der Waals surface area contributed by atoms with Crippen LogP contribution in [-0.4, -0.2) is 30.3 Å². The van der Waals surface area contributed by atoms with Gasteiger partial charge in [0.05, 0.1) is 5.92 Å². The highest BCUT2D eigenvalue weighted by molar-refractivity contribution is 5.93. The minimum Gasteiger partial charge on any atom is -0.491 e. The minimum absolute atomic E-state index is 0.0275. The summed E-state index contributed by atoms with van der Waals surface area (Å²) in [7, 11) is 0. The Hall–Kier alpha value is -2.11. The van der Waals surface area contributed by atoms with E-state index in [-0.39, 0.29) is 18.4 Å². The molecule has 114 valence electrons. The van der Waals surface area contributed by atoms with E-state index >= 15 is 0 Å². The number of hydrogen-bond donors (Lipinski definition) is 2. The van der Waals surface area contributed by atoms with Crippen LogP contribution in [0.3, 0.4) is 0 Å². The van der Waals surface area contributed by atoms with Crippen LogP contribution >= 0.6 is 0 Å². The number of carbonyl (C=O) groups is 2. The van der Waals surface area contributed by atoms with Crippen molar-refractivity contribution in [1.82, 2.24) is 0 Å². The third-order valence-electron chi connectivity index (χ3n) is 3.60. The van der Waals surface area contributed by atoms with Gasteiger partial charge >= 0.3 is 5.97 Å². The molecule has 1 fully saturated rings. The Morgan fingerprint density at radius 2 is 2.10 bits per heavy atom. The highest BCUT2D eigenvalue weighted by Gasteiger charge is 2.33. The van der Waals surface area contributed by atoms with Gasteiger partial charge in [0, 0.05) is 17.7 Å². The molecule has 2 rings (SSSR count). The summed E-state index contributed by atoms with van der Waals surface area (Å²) in [4.78, 5) is 23.0. The van der Waals surface area contributed by atoms with E-state index < -0.39 is 18.6 Å². The largest absolute Gasteiger partial charge is 0.491 e. The second-order valence-corrected chi connectivity index (χ2v) is 5.10. The Labute approximate surface area is 122 Å². The number of halogens is 1. The number of amides is 1. The van der Waals surface area contributed by atoms with Crippen molar-refractivity contribution in [1.29, 1.82) is 0 Å². The van der Waals surface area contributed by atoms with Gasteiger partial charge in [0.2, 0.25) is 5.91 Å². The van der Waals surface area contributed by atoms with Gasteiger partial charge in [-0.2, -0.15) is 0 Å². The molecule has 1 aromatic rings.